The average Bonchev–Trinajstić information content (AvgIpc) is 3.33. The highest BCUT2D eigenvalue weighted by atomic mass is 31.1. The van der Waals surface area contributed by atoms with E-state index in [1.165, 1.54) is 36.4 Å². The van der Waals surface area contributed by atoms with Gasteiger partial charge in [-0.2, -0.15) is 10.2 Å². The second-order valence-electron chi connectivity index (χ2n) is 10.0. The number of aliphatic hydroxyl groups is 1. The Morgan fingerprint density at radius 3 is 2.61 bits per heavy atom. The fourth-order valence-electron chi connectivity index (χ4n) is 4.60. The molecule has 2 aromatic heterocycles. The average molecular weight is 600 g/mol. The lowest BCUT2D eigenvalue weighted by atomic mass is 10.0. The first-order valence-corrected chi connectivity index (χ1v) is 13.8. The Labute approximate surface area is 238 Å². The molecule has 214 valence electrons. The Kier molecular flexibility index (Phi) is 8.03. The molecule has 1 aliphatic heterocycles. The molecule has 0 saturated heterocycles. The molecule has 5 rings (SSSR count). The maximum absolute atomic E-state index is 14.9. The number of nitrogens with zero attached hydrogens (tertiary/aromatic N) is 4. The molecule has 1 aliphatic rings. The minimum absolute atomic E-state index is 0.0530. The molecule has 2 aromatic carbocycles. The molecule has 41 heavy (non-hydrogen) atoms. The van der Waals surface area contributed by atoms with E-state index in [4.69, 9.17) is 0 Å². The van der Waals surface area contributed by atoms with E-state index < -0.39 is 28.5 Å². The molecule has 3 heterocycles. The second kappa shape index (κ2) is 11.4. The van der Waals surface area contributed by atoms with Crippen LogP contribution in [0.15, 0.2) is 53.3 Å². The van der Waals surface area contributed by atoms with E-state index in [2.05, 4.69) is 30.8 Å². The van der Waals surface area contributed by atoms with Gasteiger partial charge in [0.1, 0.15) is 17.6 Å². The number of aromatic nitrogens is 4. The van der Waals surface area contributed by atoms with E-state index in [1.807, 2.05) is 36.3 Å². The van der Waals surface area contributed by atoms with Gasteiger partial charge in [0.25, 0.3) is 11.5 Å². The molecule has 0 spiro atoms. The van der Waals surface area contributed by atoms with E-state index in [1.54, 1.807) is 13.0 Å². The first kappa shape index (κ1) is 29.0. The van der Waals surface area contributed by atoms with Crippen molar-refractivity contribution < 1.29 is 18.7 Å². The number of likely N-dealkylation sites (N-methyl/N-ethyl adjacent to an activating group) is 1. The third-order valence-corrected chi connectivity index (χ3v) is 7.52. The number of H-pyrrole nitrogens is 1. The van der Waals surface area contributed by atoms with E-state index in [0.717, 1.165) is 25.3 Å². The lowest BCUT2D eigenvalue weighted by Crippen LogP contribution is -2.30. The lowest BCUT2D eigenvalue weighted by molar-refractivity contribution is 0.102. The van der Waals surface area contributed by atoms with Crippen molar-refractivity contribution in [2.24, 2.45) is 0 Å². The third kappa shape index (κ3) is 6.21. The van der Waals surface area contributed by atoms with Crippen molar-refractivity contribution in [3.63, 3.8) is 0 Å². The Balaban J connectivity index is 1.39. The summed E-state index contributed by atoms with van der Waals surface area (Å²) in [5, 5.41) is 24.8. The van der Waals surface area contributed by atoms with Gasteiger partial charge in [0.2, 0.25) is 0 Å². The van der Waals surface area contributed by atoms with Gasteiger partial charge in [0.05, 0.1) is 23.6 Å². The van der Waals surface area contributed by atoms with Gasteiger partial charge in [-0.1, -0.05) is 30.6 Å². The highest BCUT2D eigenvalue weighted by Gasteiger charge is 2.29. The van der Waals surface area contributed by atoms with Gasteiger partial charge >= 0.3 is 0 Å². The summed E-state index contributed by atoms with van der Waals surface area (Å²) >= 11 is 0. The zero-order chi connectivity index (χ0) is 29.5. The van der Waals surface area contributed by atoms with Crippen LogP contribution in [0.2, 0.25) is 0 Å². The highest BCUT2D eigenvalue weighted by Crippen LogP contribution is 2.41. The number of carbonyl (C=O) groups is 1. The van der Waals surface area contributed by atoms with Gasteiger partial charge in [-0.3, -0.25) is 19.2 Å². The van der Waals surface area contributed by atoms with Crippen LogP contribution in [0, 0.1) is 12.7 Å². The number of hydrogen-bond acceptors (Lipinski definition) is 7. The van der Waals surface area contributed by atoms with Crippen LogP contribution in [-0.4, -0.2) is 54.6 Å². The van der Waals surface area contributed by atoms with Gasteiger partial charge in [-0.15, -0.1) is 0 Å². The zero-order valence-electron chi connectivity index (χ0n) is 22.3. The number of anilines is 3. The van der Waals surface area contributed by atoms with Gasteiger partial charge in [-0.25, -0.2) is 13.9 Å². The van der Waals surface area contributed by atoms with Crippen molar-refractivity contribution in [2.75, 3.05) is 24.2 Å². The van der Waals surface area contributed by atoms with Crippen molar-refractivity contribution in [1.82, 2.24) is 24.9 Å². The number of aromatic amines is 1. The molecule has 1 amide bonds. The Morgan fingerprint density at radius 2 is 1.90 bits per heavy atom. The highest BCUT2D eigenvalue weighted by molar-refractivity contribution is 7.39. The molecule has 0 fully saturated rings. The fourth-order valence-corrected chi connectivity index (χ4v) is 4.99. The Bertz CT molecular complexity index is 1670. The molecule has 0 bridgehead atoms. The normalized spacial score (nSPS) is 14.4. The van der Waals surface area contributed by atoms with E-state index in [-0.39, 0.29) is 22.5 Å². The van der Waals surface area contributed by atoms with Crippen LogP contribution in [0.3, 0.4) is 0 Å². The molecule has 14 heteroatoms. The largest absolute Gasteiger partial charge is 0.384 e. The summed E-state index contributed by atoms with van der Waals surface area (Å²) in [6.45, 7) is 4.00. The van der Waals surface area contributed by atoms with Crippen molar-refractivity contribution in [2.45, 2.75) is 31.3 Å². The molecule has 0 saturated carbocycles. The number of alkyl halides is 1. The zero-order valence-corrected chi connectivity index (χ0v) is 24.6. The maximum Gasteiger partial charge on any atom is 0.287 e. The molecule has 3 atom stereocenters. The first-order valence-electron chi connectivity index (χ1n) is 12.7. The number of carbonyl (C=O) groups excluding carboxylic acids is 1. The van der Waals surface area contributed by atoms with Crippen LogP contribution in [-0.2, 0) is 13.1 Å². The summed E-state index contributed by atoms with van der Waals surface area (Å²) in [5.41, 5.74) is 2.43. The third-order valence-electron chi connectivity index (χ3n) is 6.89. The van der Waals surface area contributed by atoms with Gasteiger partial charge in [-0.05, 0) is 55.4 Å². The lowest BCUT2D eigenvalue weighted by Gasteiger charge is -2.22. The summed E-state index contributed by atoms with van der Waals surface area (Å²) in [6, 6.07) is 11.8. The molecule has 3 unspecified atom stereocenters. The number of aliphatic hydroxyl groups excluding tert-OH is 1. The monoisotopic (exact) mass is 599 g/mol. The molecule has 0 radical (unpaired) electrons. The number of halogens is 2. The van der Waals surface area contributed by atoms with E-state index in [9.17, 15) is 23.5 Å². The Morgan fingerprint density at radius 1 is 1.17 bits per heavy atom. The number of nitrogens with one attached hydrogen (secondary N) is 3. The molecular formula is C27H29F2N7O3P2. The topological polar surface area (TPSA) is 128 Å². The van der Waals surface area contributed by atoms with Crippen molar-refractivity contribution in [3.8, 4) is 11.3 Å². The van der Waals surface area contributed by atoms with Crippen LogP contribution in [0.1, 0.15) is 33.3 Å². The van der Waals surface area contributed by atoms with E-state index >= 15 is 0 Å². The van der Waals surface area contributed by atoms with E-state index in [0.29, 0.717) is 22.6 Å². The van der Waals surface area contributed by atoms with Gasteiger partial charge < -0.3 is 15.7 Å². The maximum atomic E-state index is 14.9. The molecule has 10 nitrogen and oxygen atoms in total. The summed E-state index contributed by atoms with van der Waals surface area (Å²) in [4.78, 5) is 27.7. The van der Waals surface area contributed by atoms with Crippen molar-refractivity contribution in [1.29, 1.82) is 0 Å². The Hall–Kier alpha value is -3.56. The number of fused-ring (bicyclic) bond motifs is 1. The minimum atomic E-state index is -2.02. The number of hydrogen-bond donors (Lipinski definition) is 4. The second-order valence-corrected chi connectivity index (χ2v) is 12.4. The van der Waals surface area contributed by atoms with Crippen molar-refractivity contribution in [3.05, 3.63) is 87.1 Å². The first-order chi connectivity index (χ1) is 19.4. The summed E-state index contributed by atoms with van der Waals surface area (Å²) in [5.74, 6) is -0.733. The summed E-state index contributed by atoms with van der Waals surface area (Å²) < 4.78 is 30.8. The molecule has 4 N–H and O–H groups in total. The molecule has 4 aromatic rings. The summed E-state index contributed by atoms with van der Waals surface area (Å²) in [7, 11) is 5.83. The number of benzene rings is 2. The fraction of sp³-hybridized carbons (Fsp3) is 0.259. The van der Waals surface area contributed by atoms with Gasteiger partial charge in [0.15, 0.2) is 11.0 Å². The smallest absolute Gasteiger partial charge is 0.287 e. The number of rotatable bonds is 7. The standard InChI is InChI=1S/C27H29F2N7O3P2/c1-14-18(20-12-21(26(39)33-32-20)30-22-11-17-13-35(2)9-10-36(17)34-22)7-8-19(28)23(14)31-25(38)16-5-3-15(4-6-16)24(37)27(29,40)41/h3-8,11-12,24,37H,9-10,13,40-41H2,1-2H3,(H,31,38)(H,33,39)(H,30,32,34). The predicted molar refractivity (Wildman–Crippen MR) is 159 cm³/mol. The van der Waals surface area contributed by atoms with Crippen LogP contribution in [0.25, 0.3) is 11.3 Å². The molecular weight excluding hydrogens is 570 g/mol. The number of amides is 1. The quantitative estimate of drug-likeness (QED) is 0.237. The summed E-state index contributed by atoms with van der Waals surface area (Å²) in [6.07, 6.45) is -1.43. The SMILES string of the molecule is Cc1c(-c2cc(Nc3cc4n(n3)CCN(C)C4)c(=O)[nH]n2)ccc(F)c1NC(=O)c1ccc(C(O)C(F)(P)P)cc1. The van der Waals surface area contributed by atoms with Gasteiger partial charge in [0, 0.05) is 30.3 Å². The van der Waals surface area contributed by atoms with Crippen LogP contribution in [0.5, 0.6) is 0 Å². The van der Waals surface area contributed by atoms with Crippen LogP contribution >= 0.6 is 18.5 Å². The minimum Gasteiger partial charge on any atom is -0.384 e. The predicted octanol–water partition coefficient (Wildman–Crippen LogP) is 3.93. The van der Waals surface area contributed by atoms with Crippen molar-refractivity contribution >= 4 is 41.6 Å². The van der Waals surface area contributed by atoms with Crippen LogP contribution in [0.4, 0.5) is 26.0 Å². The molecule has 0 aliphatic carbocycles. The van der Waals surface area contributed by atoms with Crippen LogP contribution < -0.4 is 16.2 Å².